The molecular weight excluding hydrogens is 452 g/mol. The molecule has 0 unspecified atom stereocenters. The highest BCUT2D eigenvalue weighted by molar-refractivity contribution is 6.30. The van der Waals surface area contributed by atoms with Gasteiger partial charge in [-0.1, -0.05) is 35.9 Å². The molecule has 0 atom stereocenters. The third kappa shape index (κ3) is 4.05. The van der Waals surface area contributed by atoms with Crippen LogP contribution >= 0.6 is 11.6 Å². The van der Waals surface area contributed by atoms with E-state index < -0.39 is 0 Å². The summed E-state index contributed by atoms with van der Waals surface area (Å²) in [5, 5.41) is 10.2. The van der Waals surface area contributed by atoms with Crippen molar-refractivity contribution in [1.29, 1.82) is 0 Å². The number of benzene rings is 2. The van der Waals surface area contributed by atoms with Gasteiger partial charge in [0.1, 0.15) is 12.1 Å². The van der Waals surface area contributed by atoms with E-state index >= 15 is 0 Å². The Balaban J connectivity index is 1.36. The number of halogens is 1. The van der Waals surface area contributed by atoms with E-state index in [0.29, 0.717) is 47.8 Å². The van der Waals surface area contributed by atoms with Gasteiger partial charge in [-0.15, -0.1) is 0 Å². The van der Waals surface area contributed by atoms with Gasteiger partial charge in [-0.3, -0.25) is 9.59 Å². The molecular formula is C25H25ClN6O2. The highest BCUT2D eigenvalue weighted by Crippen LogP contribution is 2.22. The van der Waals surface area contributed by atoms with Gasteiger partial charge >= 0.3 is 0 Å². The maximum absolute atomic E-state index is 13.3. The van der Waals surface area contributed by atoms with E-state index in [1.165, 1.54) is 4.68 Å². The van der Waals surface area contributed by atoms with E-state index in [1.54, 1.807) is 9.58 Å². The first-order chi connectivity index (χ1) is 16.4. The summed E-state index contributed by atoms with van der Waals surface area (Å²) in [6.07, 6.45) is 0. The highest BCUT2D eigenvalue weighted by atomic mass is 35.5. The van der Waals surface area contributed by atoms with E-state index in [-0.39, 0.29) is 18.0 Å². The molecule has 0 spiro atoms. The van der Waals surface area contributed by atoms with Crippen LogP contribution in [0.3, 0.4) is 0 Å². The number of anilines is 1. The van der Waals surface area contributed by atoms with E-state index in [9.17, 15) is 9.59 Å². The van der Waals surface area contributed by atoms with Crippen LogP contribution in [0, 0.1) is 13.8 Å². The first-order valence-electron chi connectivity index (χ1n) is 11.2. The van der Waals surface area contributed by atoms with Crippen LogP contribution in [0.2, 0.25) is 5.02 Å². The van der Waals surface area contributed by atoms with E-state index in [0.717, 1.165) is 17.1 Å². The summed E-state index contributed by atoms with van der Waals surface area (Å²) in [6, 6.07) is 17.4. The van der Waals surface area contributed by atoms with Crippen molar-refractivity contribution in [3.05, 3.63) is 81.4 Å². The number of amides is 1. The number of piperazine rings is 1. The zero-order chi connectivity index (χ0) is 23.8. The summed E-state index contributed by atoms with van der Waals surface area (Å²) >= 11 is 6.11. The lowest BCUT2D eigenvalue weighted by Gasteiger charge is -2.36. The molecule has 0 bridgehead atoms. The maximum Gasteiger partial charge on any atom is 0.278 e. The van der Waals surface area contributed by atoms with Crippen molar-refractivity contribution in [2.75, 3.05) is 31.1 Å². The summed E-state index contributed by atoms with van der Waals surface area (Å²) in [4.78, 5) is 30.3. The Hall–Kier alpha value is -3.65. The Kier molecular flexibility index (Phi) is 5.83. The van der Waals surface area contributed by atoms with Crippen molar-refractivity contribution >= 4 is 34.1 Å². The molecule has 0 N–H and O–H groups in total. The summed E-state index contributed by atoms with van der Waals surface area (Å²) in [6.45, 7) is 6.14. The number of carbonyl (C=O) groups excluding carboxylic acids is 1. The van der Waals surface area contributed by atoms with Crippen LogP contribution in [0.15, 0.2) is 59.4 Å². The fourth-order valence-corrected chi connectivity index (χ4v) is 4.64. The fourth-order valence-electron chi connectivity index (χ4n) is 4.46. The van der Waals surface area contributed by atoms with Gasteiger partial charge in [0.2, 0.25) is 5.91 Å². The molecule has 9 heteroatoms. The van der Waals surface area contributed by atoms with Gasteiger partial charge < -0.3 is 9.80 Å². The topological polar surface area (TPSA) is 76.3 Å². The molecule has 1 fully saturated rings. The molecule has 8 nitrogen and oxygen atoms in total. The minimum atomic E-state index is -0.300. The monoisotopic (exact) mass is 476 g/mol. The first kappa shape index (κ1) is 22.2. The van der Waals surface area contributed by atoms with Crippen LogP contribution in [0.25, 0.3) is 16.6 Å². The number of para-hydroxylation sites is 1. The average molecular weight is 477 g/mol. The van der Waals surface area contributed by atoms with E-state index in [4.69, 9.17) is 11.6 Å². The van der Waals surface area contributed by atoms with Gasteiger partial charge in [-0.05, 0) is 44.2 Å². The van der Waals surface area contributed by atoms with Crippen LogP contribution in [-0.4, -0.2) is 56.5 Å². The first-order valence-corrected chi connectivity index (χ1v) is 11.6. The van der Waals surface area contributed by atoms with Crippen molar-refractivity contribution in [2.24, 2.45) is 0 Å². The normalized spacial score (nSPS) is 14.1. The number of fused-ring (bicyclic) bond motifs is 1. The highest BCUT2D eigenvalue weighted by Gasteiger charge is 2.24. The molecule has 0 radical (unpaired) electrons. The lowest BCUT2D eigenvalue weighted by molar-refractivity contribution is -0.132. The standard InChI is InChI=1S/C25H25ClN6O2/c1-17-24-23(18(2)32(28-24)20-8-4-3-5-9-20)25(34)31(27-17)16-22(33)30-13-11-29(12-14-30)21-10-6-7-19(26)15-21/h3-10,15H,11-14,16H2,1-2H3. The van der Waals surface area contributed by atoms with Crippen LogP contribution in [0.5, 0.6) is 0 Å². The van der Waals surface area contributed by atoms with Crippen molar-refractivity contribution in [1.82, 2.24) is 24.5 Å². The predicted molar refractivity (Wildman–Crippen MR) is 133 cm³/mol. The minimum absolute atomic E-state index is 0.0945. The smallest absolute Gasteiger partial charge is 0.278 e. The number of nitrogens with zero attached hydrogens (tertiary/aromatic N) is 6. The second kappa shape index (κ2) is 8.95. The van der Waals surface area contributed by atoms with E-state index in [2.05, 4.69) is 15.1 Å². The van der Waals surface area contributed by atoms with Crippen molar-refractivity contribution in [3.63, 3.8) is 0 Å². The molecule has 2 aromatic heterocycles. The molecule has 34 heavy (non-hydrogen) atoms. The second-order valence-corrected chi connectivity index (χ2v) is 8.89. The SMILES string of the molecule is Cc1nn(CC(=O)N2CCN(c3cccc(Cl)c3)CC2)c(=O)c2c(C)n(-c3ccccc3)nc12. The Labute approximate surface area is 202 Å². The van der Waals surface area contributed by atoms with Gasteiger partial charge in [-0.2, -0.15) is 10.2 Å². The molecule has 1 aliphatic heterocycles. The van der Waals surface area contributed by atoms with Crippen LogP contribution in [0.4, 0.5) is 5.69 Å². The van der Waals surface area contributed by atoms with Crippen LogP contribution < -0.4 is 10.5 Å². The largest absolute Gasteiger partial charge is 0.368 e. The number of hydrogen-bond donors (Lipinski definition) is 0. The number of rotatable bonds is 4. The fraction of sp³-hybridized carbons (Fsp3) is 0.280. The second-order valence-electron chi connectivity index (χ2n) is 8.45. The average Bonchev–Trinajstić information content (AvgIpc) is 3.21. The molecule has 4 aromatic rings. The molecule has 1 saturated heterocycles. The van der Waals surface area contributed by atoms with Crippen molar-refractivity contribution in [2.45, 2.75) is 20.4 Å². The lowest BCUT2D eigenvalue weighted by Crippen LogP contribution is -2.50. The molecule has 174 valence electrons. The Morgan fingerprint density at radius 2 is 1.65 bits per heavy atom. The molecule has 0 saturated carbocycles. The van der Waals surface area contributed by atoms with Gasteiger partial charge in [0, 0.05) is 36.9 Å². The summed E-state index contributed by atoms with van der Waals surface area (Å²) in [7, 11) is 0. The van der Waals surface area contributed by atoms with Gasteiger partial charge in [-0.25, -0.2) is 9.36 Å². The summed E-state index contributed by atoms with van der Waals surface area (Å²) < 4.78 is 3.02. The molecule has 0 aliphatic carbocycles. The minimum Gasteiger partial charge on any atom is -0.368 e. The Morgan fingerprint density at radius 3 is 2.35 bits per heavy atom. The molecule has 1 aliphatic rings. The van der Waals surface area contributed by atoms with Gasteiger partial charge in [0.25, 0.3) is 5.56 Å². The molecule has 5 rings (SSSR count). The predicted octanol–water partition coefficient (Wildman–Crippen LogP) is 3.20. The Bertz CT molecular complexity index is 1420. The van der Waals surface area contributed by atoms with Crippen molar-refractivity contribution in [3.8, 4) is 5.69 Å². The third-order valence-corrected chi connectivity index (χ3v) is 6.50. The summed E-state index contributed by atoms with van der Waals surface area (Å²) in [5.74, 6) is -0.118. The number of carbonyl (C=O) groups is 1. The Morgan fingerprint density at radius 1 is 0.941 bits per heavy atom. The van der Waals surface area contributed by atoms with Gasteiger partial charge in [0.15, 0.2) is 0 Å². The number of aryl methyl sites for hydroxylation is 2. The number of hydrogen-bond acceptors (Lipinski definition) is 5. The third-order valence-electron chi connectivity index (χ3n) is 6.27. The van der Waals surface area contributed by atoms with Crippen molar-refractivity contribution < 1.29 is 4.79 Å². The zero-order valence-electron chi connectivity index (χ0n) is 19.1. The maximum atomic E-state index is 13.3. The van der Waals surface area contributed by atoms with Crippen LogP contribution in [-0.2, 0) is 11.3 Å². The molecule has 1 amide bonds. The quantitative estimate of drug-likeness (QED) is 0.452. The lowest BCUT2D eigenvalue weighted by atomic mass is 10.2. The van der Waals surface area contributed by atoms with Crippen LogP contribution in [0.1, 0.15) is 11.4 Å². The number of aromatic nitrogens is 4. The van der Waals surface area contributed by atoms with E-state index in [1.807, 2.05) is 68.4 Å². The molecule has 3 heterocycles. The zero-order valence-corrected chi connectivity index (χ0v) is 19.9. The summed E-state index contributed by atoms with van der Waals surface area (Å²) in [5.41, 5.74) is 3.52. The van der Waals surface area contributed by atoms with Gasteiger partial charge in [0.05, 0.1) is 22.5 Å². The molecule has 2 aromatic carbocycles.